The van der Waals surface area contributed by atoms with Gasteiger partial charge in [-0.1, -0.05) is 212 Å². The van der Waals surface area contributed by atoms with E-state index in [9.17, 15) is 14.4 Å². The van der Waals surface area contributed by atoms with Crippen molar-refractivity contribution >= 4 is 17.9 Å². The van der Waals surface area contributed by atoms with Crippen LogP contribution in [0.1, 0.15) is 220 Å². The van der Waals surface area contributed by atoms with Crippen molar-refractivity contribution in [3.05, 3.63) is 134 Å². The lowest BCUT2D eigenvalue weighted by molar-refractivity contribution is -0.166. The number of rotatable bonds is 47. The van der Waals surface area contributed by atoms with Crippen molar-refractivity contribution in [3.63, 3.8) is 0 Å². The van der Waals surface area contributed by atoms with E-state index < -0.39 is 12.1 Å². The molecule has 1 unspecified atom stereocenters. The Labute approximate surface area is 417 Å². The van der Waals surface area contributed by atoms with Crippen molar-refractivity contribution in [2.24, 2.45) is 0 Å². The number of carbonyl (C=O) groups is 3. The van der Waals surface area contributed by atoms with E-state index in [-0.39, 0.29) is 38.0 Å². The summed E-state index contributed by atoms with van der Waals surface area (Å²) in [6, 6.07) is 0. The summed E-state index contributed by atoms with van der Waals surface area (Å²) >= 11 is 0. The van der Waals surface area contributed by atoms with Gasteiger partial charge in [-0.25, -0.2) is 0 Å². The maximum Gasteiger partial charge on any atom is 0.306 e. The zero-order chi connectivity index (χ0) is 49.3. The summed E-state index contributed by atoms with van der Waals surface area (Å²) in [6.45, 7) is 6.35. The first kappa shape index (κ1) is 63.5. The molecule has 0 fully saturated rings. The minimum Gasteiger partial charge on any atom is -0.462 e. The number of unbranched alkanes of at least 4 members (excludes halogenated alkanes) is 14. The van der Waals surface area contributed by atoms with E-state index in [1.54, 1.807) is 0 Å². The minimum absolute atomic E-state index is 0.135. The Morgan fingerprint density at radius 1 is 0.309 bits per heavy atom. The van der Waals surface area contributed by atoms with Crippen LogP contribution in [0.25, 0.3) is 0 Å². The Hall–Kier alpha value is -4.45. The van der Waals surface area contributed by atoms with Crippen LogP contribution in [-0.4, -0.2) is 37.2 Å². The topological polar surface area (TPSA) is 78.9 Å². The lowest BCUT2D eigenvalue weighted by Gasteiger charge is -2.18. The lowest BCUT2D eigenvalue weighted by Crippen LogP contribution is -2.30. The van der Waals surface area contributed by atoms with Crippen molar-refractivity contribution in [1.29, 1.82) is 0 Å². The SMILES string of the molecule is CC/C=C\C/C=C\C/C=C\C/C=C\C/C=C\C/C=C\CCC(=O)OCC(COC(=O)CCCCC/C=C\CCCCCCCCC)OC(=O)CCC/C=C\C/C=C\C/C=C\C/C=C\CCCCC. The molecule has 0 spiro atoms. The molecule has 1 atom stereocenters. The summed E-state index contributed by atoms with van der Waals surface area (Å²) in [5.41, 5.74) is 0. The molecule has 0 aromatic rings. The van der Waals surface area contributed by atoms with Crippen molar-refractivity contribution in [2.75, 3.05) is 13.2 Å². The third-order valence-corrected chi connectivity index (χ3v) is 10.9. The molecule has 0 rings (SSSR count). The Balaban J connectivity index is 4.63. The number of allylic oxidation sites excluding steroid dienone is 22. The van der Waals surface area contributed by atoms with Gasteiger partial charge in [-0.15, -0.1) is 0 Å². The number of ether oxygens (including phenoxy) is 3. The zero-order valence-electron chi connectivity index (χ0n) is 43.6. The highest BCUT2D eigenvalue weighted by Gasteiger charge is 2.19. The summed E-state index contributed by atoms with van der Waals surface area (Å²) in [6.07, 6.45) is 77.4. The summed E-state index contributed by atoms with van der Waals surface area (Å²) in [5.74, 6) is -1.10. The van der Waals surface area contributed by atoms with Gasteiger partial charge >= 0.3 is 17.9 Å². The van der Waals surface area contributed by atoms with Crippen LogP contribution < -0.4 is 0 Å². The third kappa shape index (κ3) is 52.5. The molecule has 0 amide bonds. The number of hydrogen-bond acceptors (Lipinski definition) is 6. The second kappa shape index (κ2) is 55.1. The van der Waals surface area contributed by atoms with E-state index in [1.807, 2.05) is 12.2 Å². The van der Waals surface area contributed by atoms with E-state index >= 15 is 0 Å². The molecule has 6 heteroatoms. The molecule has 6 nitrogen and oxygen atoms in total. The largest absolute Gasteiger partial charge is 0.462 e. The lowest BCUT2D eigenvalue weighted by atomic mass is 10.1. The van der Waals surface area contributed by atoms with Gasteiger partial charge in [-0.2, -0.15) is 0 Å². The van der Waals surface area contributed by atoms with Gasteiger partial charge in [0.25, 0.3) is 0 Å². The van der Waals surface area contributed by atoms with E-state index in [2.05, 4.69) is 142 Å². The van der Waals surface area contributed by atoms with E-state index in [4.69, 9.17) is 14.2 Å². The Bertz CT molecular complexity index is 1500. The molecule has 0 bridgehead atoms. The molecule has 0 radical (unpaired) electrons. The maximum absolute atomic E-state index is 12.8. The predicted molar refractivity (Wildman–Crippen MR) is 292 cm³/mol. The molecular formula is C62H98O6. The molecule has 382 valence electrons. The van der Waals surface area contributed by atoms with Gasteiger partial charge in [0.05, 0.1) is 0 Å². The molecule has 0 aliphatic rings. The van der Waals surface area contributed by atoms with Crippen LogP contribution in [0.2, 0.25) is 0 Å². The van der Waals surface area contributed by atoms with Gasteiger partial charge in [0.1, 0.15) is 13.2 Å². The first-order chi connectivity index (χ1) is 33.5. The van der Waals surface area contributed by atoms with Crippen molar-refractivity contribution < 1.29 is 28.6 Å². The van der Waals surface area contributed by atoms with Crippen molar-refractivity contribution in [1.82, 2.24) is 0 Å². The molecule has 68 heavy (non-hydrogen) atoms. The smallest absolute Gasteiger partial charge is 0.306 e. The second-order valence-corrected chi connectivity index (χ2v) is 17.4. The average Bonchev–Trinajstić information content (AvgIpc) is 3.34. The third-order valence-electron chi connectivity index (χ3n) is 10.9. The van der Waals surface area contributed by atoms with Crippen LogP contribution in [0.3, 0.4) is 0 Å². The number of carbonyl (C=O) groups excluding carboxylic acids is 3. The molecule has 0 saturated heterocycles. The van der Waals surface area contributed by atoms with E-state index in [0.717, 1.165) is 96.3 Å². The summed E-state index contributed by atoms with van der Waals surface area (Å²) < 4.78 is 16.7. The summed E-state index contributed by atoms with van der Waals surface area (Å²) in [4.78, 5) is 38.0. The van der Waals surface area contributed by atoms with Crippen LogP contribution in [0, 0.1) is 0 Å². The van der Waals surface area contributed by atoms with Gasteiger partial charge in [0.15, 0.2) is 6.10 Å². The normalized spacial score (nSPS) is 13.2. The molecule has 0 aliphatic carbocycles. The molecule has 0 N–H and O–H groups in total. The quantitative estimate of drug-likeness (QED) is 0.0262. The predicted octanol–water partition coefficient (Wildman–Crippen LogP) is 18.3. The van der Waals surface area contributed by atoms with Crippen molar-refractivity contribution in [2.45, 2.75) is 226 Å². The van der Waals surface area contributed by atoms with Crippen LogP contribution in [0.5, 0.6) is 0 Å². The second-order valence-electron chi connectivity index (χ2n) is 17.4. The Morgan fingerprint density at radius 2 is 0.618 bits per heavy atom. The molecule has 0 heterocycles. The van der Waals surface area contributed by atoms with Gasteiger partial charge < -0.3 is 14.2 Å². The Morgan fingerprint density at radius 3 is 1.07 bits per heavy atom. The van der Waals surface area contributed by atoms with Crippen LogP contribution in [0.15, 0.2) is 134 Å². The minimum atomic E-state index is -0.848. The van der Waals surface area contributed by atoms with E-state index in [1.165, 1.54) is 70.6 Å². The fourth-order valence-electron chi connectivity index (χ4n) is 6.81. The van der Waals surface area contributed by atoms with Gasteiger partial charge in [0.2, 0.25) is 0 Å². The number of hydrogen-bond donors (Lipinski definition) is 0. The van der Waals surface area contributed by atoms with Gasteiger partial charge in [-0.05, 0) is 122 Å². The summed E-state index contributed by atoms with van der Waals surface area (Å²) in [5, 5.41) is 0. The molecular weight excluding hydrogens is 841 g/mol. The first-order valence-corrected chi connectivity index (χ1v) is 27.2. The average molecular weight is 939 g/mol. The van der Waals surface area contributed by atoms with Crippen LogP contribution in [-0.2, 0) is 28.6 Å². The van der Waals surface area contributed by atoms with Gasteiger partial charge in [-0.3, -0.25) is 14.4 Å². The molecule has 0 aromatic heterocycles. The standard InChI is InChI=1S/C62H98O6/c1-4-7-10-13-16-19-22-25-28-30-31-33-34-37-40-43-46-49-52-55-61(64)67-58-59(57-66-60(63)54-51-48-45-42-39-36-27-24-21-18-15-12-9-6-3)68-62(65)56-53-50-47-44-41-38-35-32-29-26-23-20-17-14-11-8-5-2/h7,10,16-17,19-20,25-26,28-29,31,33,35-40,44,46-47,49,59H,4-6,8-9,11-15,18,21-24,27,30,32,34,41-43,45,48,50-58H2,1-3H3/b10-7-,19-16-,20-17-,28-25-,29-26-,33-31-,38-35-,39-36-,40-37-,47-44-,49-46-. The first-order valence-electron chi connectivity index (χ1n) is 27.2. The zero-order valence-corrected chi connectivity index (χ0v) is 43.6. The highest BCUT2D eigenvalue weighted by Crippen LogP contribution is 2.11. The van der Waals surface area contributed by atoms with Crippen LogP contribution >= 0.6 is 0 Å². The monoisotopic (exact) mass is 939 g/mol. The maximum atomic E-state index is 12.8. The van der Waals surface area contributed by atoms with Crippen LogP contribution in [0.4, 0.5) is 0 Å². The molecule has 0 saturated carbocycles. The van der Waals surface area contributed by atoms with E-state index in [0.29, 0.717) is 19.3 Å². The fourth-order valence-corrected chi connectivity index (χ4v) is 6.81. The highest BCUT2D eigenvalue weighted by atomic mass is 16.6. The Kier molecular flexibility index (Phi) is 51.5. The molecule has 0 aliphatic heterocycles. The summed E-state index contributed by atoms with van der Waals surface area (Å²) in [7, 11) is 0. The van der Waals surface area contributed by atoms with Crippen molar-refractivity contribution in [3.8, 4) is 0 Å². The highest BCUT2D eigenvalue weighted by molar-refractivity contribution is 5.71. The fraction of sp³-hybridized carbons (Fsp3) is 0.597. The molecule has 0 aromatic carbocycles. The number of esters is 3. The van der Waals surface area contributed by atoms with Gasteiger partial charge in [0, 0.05) is 19.3 Å².